The minimum absolute atomic E-state index is 0.511. The summed E-state index contributed by atoms with van der Waals surface area (Å²) in [6.07, 6.45) is 5.75. The standard InChI is InChI=1S/C12H19ClN4/c1-17(7-3-2-6-14)10-15-8-11-4-5-12(13)16-9-11/h4-5,9-10H,2-3,6-8,14H2,1H3. The van der Waals surface area contributed by atoms with Crippen LogP contribution in [-0.2, 0) is 6.54 Å². The normalized spacial score (nSPS) is 11.0. The maximum atomic E-state index is 5.70. The number of pyridine rings is 1. The molecule has 1 aromatic rings. The molecule has 0 saturated carbocycles. The molecule has 0 bridgehead atoms. The van der Waals surface area contributed by atoms with Crippen molar-refractivity contribution in [3.8, 4) is 0 Å². The molecule has 0 aliphatic heterocycles. The predicted molar refractivity (Wildman–Crippen MR) is 72.4 cm³/mol. The fourth-order valence-electron chi connectivity index (χ4n) is 1.35. The van der Waals surface area contributed by atoms with Crippen LogP contribution in [-0.4, -0.2) is 36.4 Å². The van der Waals surface area contributed by atoms with Crippen molar-refractivity contribution >= 4 is 17.9 Å². The SMILES string of the molecule is CN(C=NCc1ccc(Cl)nc1)CCCCN. The van der Waals surface area contributed by atoms with Gasteiger partial charge in [0.15, 0.2) is 0 Å². The van der Waals surface area contributed by atoms with Crippen molar-refractivity contribution in [2.24, 2.45) is 10.7 Å². The Bertz CT molecular complexity index is 337. The summed E-state index contributed by atoms with van der Waals surface area (Å²) in [7, 11) is 2.01. The minimum atomic E-state index is 0.511. The van der Waals surface area contributed by atoms with Gasteiger partial charge in [-0.05, 0) is 31.0 Å². The second-order valence-corrected chi connectivity index (χ2v) is 4.31. The van der Waals surface area contributed by atoms with Crippen molar-refractivity contribution in [2.75, 3.05) is 20.1 Å². The molecule has 0 aromatic carbocycles. The van der Waals surface area contributed by atoms with E-state index in [1.165, 1.54) is 0 Å². The summed E-state index contributed by atoms with van der Waals surface area (Å²) >= 11 is 5.70. The van der Waals surface area contributed by atoms with Crippen LogP contribution in [0.4, 0.5) is 0 Å². The van der Waals surface area contributed by atoms with Gasteiger partial charge in [-0.15, -0.1) is 0 Å². The lowest BCUT2D eigenvalue weighted by atomic mass is 10.3. The van der Waals surface area contributed by atoms with Crippen molar-refractivity contribution in [3.05, 3.63) is 29.0 Å². The molecule has 0 aliphatic rings. The van der Waals surface area contributed by atoms with Crippen LogP contribution in [0.1, 0.15) is 18.4 Å². The maximum Gasteiger partial charge on any atom is 0.129 e. The van der Waals surface area contributed by atoms with Crippen LogP contribution in [0.5, 0.6) is 0 Å². The Labute approximate surface area is 108 Å². The van der Waals surface area contributed by atoms with Crippen LogP contribution in [0.25, 0.3) is 0 Å². The van der Waals surface area contributed by atoms with Gasteiger partial charge in [-0.2, -0.15) is 0 Å². The lowest BCUT2D eigenvalue weighted by Crippen LogP contribution is -2.18. The maximum absolute atomic E-state index is 5.70. The van der Waals surface area contributed by atoms with Gasteiger partial charge in [-0.1, -0.05) is 17.7 Å². The lowest BCUT2D eigenvalue weighted by Gasteiger charge is -2.11. The van der Waals surface area contributed by atoms with Gasteiger partial charge in [0.2, 0.25) is 0 Å². The number of unbranched alkanes of at least 4 members (excludes halogenated alkanes) is 1. The van der Waals surface area contributed by atoms with E-state index >= 15 is 0 Å². The zero-order chi connectivity index (χ0) is 12.5. The fourth-order valence-corrected chi connectivity index (χ4v) is 1.46. The summed E-state index contributed by atoms with van der Waals surface area (Å²) in [6, 6.07) is 3.71. The highest BCUT2D eigenvalue weighted by atomic mass is 35.5. The predicted octanol–water partition coefficient (Wildman–Crippen LogP) is 1.93. The summed E-state index contributed by atoms with van der Waals surface area (Å²) in [5.74, 6) is 0. The third-order valence-corrected chi connectivity index (χ3v) is 2.53. The van der Waals surface area contributed by atoms with E-state index in [0.29, 0.717) is 11.7 Å². The molecule has 0 unspecified atom stereocenters. The van der Waals surface area contributed by atoms with Gasteiger partial charge in [0.1, 0.15) is 5.15 Å². The van der Waals surface area contributed by atoms with Gasteiger partial charge in [-0.25, -0.2) is 4.98 Å². The topological polar surface area (TPSA) is 54.5 Å². The zero-order valence-electron chi connectivity index (χ0n) is 10.1. The van der Waals surface area contributed by atoms with Crippen molar-refractivity contribution < 1.29 is 0 Å². The average molecular weight is 255 g/mol. The highest BCUT2D eigenvalue weighted by Gasteiger charge is 1.93. The Morgan fingerprint density at radius 2 is 2.29 bits per heavy atom. The number of halogens is 1. The number of aliphatic imine (C=N–C) groups is 1. The first-order valence-electron chi connectivity index (χ1n) is 5.73. The molecule has 5 heteroatoms. The molecule has 17 heavy (non-hydrogen) atoms. The molecule has 0 aliphatic carbocycles. The molecule has 0 fully saturated rings. The van der Waals surface area contributed by atoms with E-state index in [9.17, 15) is 0 Å². The minimum Gasteiger partial charge on any atom is -0.366 e. The average Bonchev–Trinajstić information content (AvgIpc) is 2.32. The monoisotopic (exact) mass is 254 g/mol. The molecule has 0 atom stereocenters. The van der Waals surface area contributed by atoms with Gasteiger partial charge < -0.3 is 10.6 Å². The lowest BCUT2D eigenvalue weighted by molar-refractivity contribution is 0.490. The van der Waals surface area contributed by atoms with Gasteiger partial charge >= 0.3 is 0 Å². The summed E-state index contributed by atoms with van der Waals surface area (Å²) in [6.45, 7) is 2.37. The van der Waals surface area contributed by atoms with Crippen molar-refractivity contribution in [1.29, 1.82) is 0 Å². The number of rotatable bonds is 7. The second-order valence-electron chi connectivity index (χ2n) is 3.92. The Balaban J connectivity index is 2.27. The van der Waals surface area contributed by atoms with E-state index in [2.05, 4.69) is 14.9 Å². The molecule has 0 spiro atoms. The van der Waals surface area contributed by atoms with Gasteiger partial charge in [0.25, 0.3) is 0 Å². The molecule has 4 nitrogen and oxygen atoms in total. The van der Waals surface area contributed by atoms with Gasteiger partial charge in [0.05, 0.1) is 12.9 Å². The van der Waals surface area contributed by atoms with Gasteiger partial charge in [0, 0.05) is 19.8 Å². The summed E-state index contributed by atoms with van der Waals surface area (Å²) in [5.41, 5.74) is 6.49. The molecule has 0 saturated heterocycles. The van der Waals surface area contributed by atoms with E-state index in [4.69, 9.17) is 17.3 Å². The van der Waals surface area contributed by atoms with E-state index in [0.717, 1.165) is 31.5 Å². The molecule has 2 N–H and O–H groups in total. The number of nitrogens with zero attached hydrogens (tertiary/aromatic N) is 3. The molecule has 1 rings (SSSR count). The first kappa shape index (κ1) is 13.9. The Kier molecular flexibility index (Phi) is 6.58. The van der Waals surface area contributed by atoms with Crippen molar-refractivity contribution in [1.82, 2.24) is 9.88 Å². The summed E-state index contributed by atoms with van der Waals surface area (Å²) in [5, 5.41) is 0.511. The smallest absolute Gasteiger partial charge is 0.129 e. The number of hydrogen-bond donors (Lipinski definition) is 1. The first-order valence-corrected chi connectivity index (χ1v) is 6.11. The number of nitrogens with two attached hydrogens (primary N) is 1. The van der Waals surface area contributed by atoms with Crippen LogP contribution in [0.3, 0.4) is 0 Å². The first-order chi connectivity index (χ1) is 8.22. The van der Waals surface area contributed by atoms with Crippen LogP contribution in [0, 0.1) is 0 Å². The van der Waals surface area contributed by atoms with E-state index in [-0.39, 0.29) is 0 Å². The summed E-state index contributed by atoms with van der Waals surface area (Å²) in [4.78, 5) is 10.4. The highest BCUT2D eigenvalue weighted by molar-refractivity contribution is 6.29. The van der Waals surface area contributed by atoms with Gasteiger partial charge in [-0.3, -0.25) is 4.99 Å². The van der Waals surface area contributed by atoms with E-state index in [1.54, 1.807) is 12.3 Å². The quantitative estimate of drug-likeness (QED) is 0.350. The van der Waals surface area contributed by atoms with E-state index < -0.39 is 0 Å². The highest BCUT2D eigenvalue weighted by Crippen LogP contribution is 2.05. The second kappa shape index (κ2) is 8.03. The Hall–Kier alpha value is -1.13. The molecule has 0 amide bonds. The Morgan fingerprint density at radius 1 is 1.47 bits per heavy atom. The Morgan fingerprint density at radius 3 is 2.94 bits per heavy atom. The third-order valence-electron chi connectivity index (χ3n) is 2.31. The molecule has 94 valence electrons. The molecule has 1 heterocycles. The van der Waals surface area contributed by atoms with Crippen molar-refractivity contribution in [2.45, 2.75) is 19.4 Å². The third kappa shape index (κ3) is 6.24. The van der Waals surface area contributed by atoms with Crippen LogP contribution in [0.15, 0.2) is 23.3 Å². The van der Waals surface area contributed by atoms with E-state index in [1.807, 2.05) is 19.5 Å². The molecule has 0 radical (unpaired) electrons. The largest absolute Gasteiger partial charge is 0.366 e. The zero-order valence-corrected chi connectivity index (χ0v) is 10.9. The molecular formula is C12H19ClN4. The molecule has 1 aromatic heterocycles. The number of aromatic nitrogens is 1. The number of hydrogen-bond acceptors (Lipinski definition) is 3. The molecular weight excluding hydrogens is 236 g/mol. The van der Waals surface area contributed by atoms with Crippen molar-refractivity contribution in [3.63, 3.8) is 0 Å². The van der Waals surface area contributed by atoms with Crippen LogP contribution < -0.4 is 5.73 Å². The fraction of sp³-hybridized carbons (Fsp3) is 0.500. The van der Waals surface area contributed by atoms with Crippen LogP contribution in [0.2, 0.25) is 5.15 Å². The van der Waals surface area contributed by atoms with Crippen LogP contribution >= 0.6 is 11.6 Å². The summed E-state index contributed by atoms with van der Waals surface area (Å²) < 4.78 is 0.